The molecule has 4 rings (SSSR count). The van der Waals surface area contributed by atoms with Crippen molar-refractivity contribution in [1.29, 1.82) is 0 Å². The van der Waals surface area contributed by atoms with Crippen LogP contribution < -0.4 is 5.32 Å². The Bertz CT molecular complexity index is 954. The Morgan fingerprint density at radius 2 is 1.48 bits per heavy atom. The van der Waals surface area contributed by atoms with Gasteiger partial charge in [0.15, 0.2) is 0 Å². The molecule has 1 saturated heterocycles. The van der Waals surface area contributed by atoms with Crippen LogP contribution in [0.4, 0.5) is 14.9 Å². The summed E-state index contributed by atoms with van der Waals surface area (Å²) in [6.07, 6.45) is 0. The molecule has 1 aromatic carbocycles. The number of urea groups is 1. The van der Waals surface area contributed by atoms with Gasteiger partial charge in [-0.2, -0.15) is 0 Å². The molecule has 2 amide bonds. The highest BCUT2D eigenvalue weighted by molar-refractivity contribution is 7.10. The van der Waals surface area contributed by atoms with Crippen molar-refractivity contribution in [2.75, 3.05) is 5.32 Å². The highest BCUT2D eigenvalue weighted by Crippen LogP contribution is 2.48. The number of carbonyl (C=O) groups is 2. The molecule has 0 spiro atoms. The standard InChI is InChI=1S/C22H21FN2O2S2/c1-13-19(17-9-5-11-28-17)25(22(27)24-16-8-4-3-7-15(16)23)20(14(2)21(13)26)18-10-6-12-29-18/h3-14,19-20H,1-2H3,(H,24,27)/t13-,14+,19+,20-. The van der Waals surface area contributed by atoms with Gasteiger partial charge in [0.25, 0.3) is 0 Å². The van der Waals surface area contributed by atoms with Crippen molar-refractivity contribution in [3.8, 4) is 0 Å². The van der Waals surface area contributed by atoms with Crippen LogP contribution >= 0.6 is 22.7 Å². The van der Waals surface area contributed by atoms with Crippen LogP contribution in [0.3, 0.4) is 0 Å². The van der Waals surface area contributed by atoms with Gasteiger partial charge in [0.2, 0.25) is 0 Å². The third-order valence-electron chi connectivity index (χ3n) is 5.46. The van der Waals surface area contributed by atoms with Gasteiger partial charge in [-0.25, -0.2) is 9.18 Å². The average molecular weight is 429 g/mol. The SMILES string of the molecule is C[C@@H]1C(=O)[C@H](C)[C@@H](c2cccs2)N(C(=O)Nc2ccccc2F)[C@H]1c1cccs1. The van der Waals surface area contributed by atoms with Gasteiger partial charge in [0.05, 0.1) is 17.8 Å². The number of benzene rings is 1. The number of thiophene rings is 2. The average Bonchev–Trinajstić information content (AvgIpc) is 3.41. The zero-order valence-electron chi connectivity index (χ0n) is 16.0. The molecule has 0 saturated carbocycles. The summed E-state index contributed by atoms with van der Waals surface area (Å²) in [6.45, 7) is 3.74. The Balaban J connectivity index is 1.79. The molecular formula is C22H21FN2O2S2. The van der Waals surface area contributed by atoms with Crippen molar-refractivity contribution in [3.63, 3.8) is 0 Å². The molecule has 150 valence electrons. The lowest BCUT2D eigenvalue weighted by Gasteiger charge is -2.47. The van der Waals surface area contributed by atoms with Crippen LogP contribution in [0, 0.1) is 17.7 Å². The van der Waals surface area contributed by atoms with Gasteiger partial charge in [0.1, 0.15) is 11.6 Å². The molecule has 0 aliphatic carbocycles. The molecule has 29 heavy (non-hydrogen) atoms. The van der Waals surface area contributed by atoms with Crippen molar-refractivity contribution in [1.82, 2.24) is 4.90 Å². The number of likely N-dealkylation sites (tertiary alicyclic amines) is 1. The van der Waals surface area contributed by atoms with Crippen LogP contribution in [0.15, 0.2) is 59.3 Å². The smallest absolute Gasteiger partial charge is 0.307 e. The highest BCUT2D eigenvalue weighted by atomic mass is 32.1. The van der Waals surface area contributed by atoms with Crippen molar-refractivity contribution in [2.24, 2.45) is 11.8 Å². The van der Waals surface area contributed by atoms with E-state index in [1.807, 2.05) is 48.9 Å². The van der Waals surface area contributed by atoms with E-state index in [1.54, 1.807) is 17.0 Å². The summed E-state index contributed by atoms with van der Waals surface area (Å²) < 4.78 is 14.2. The Morgan fingerprint density at radius 1 is 0.931 bits per heavy atom. The molecule has 4 nitrogen and oxygen atoms in total. The maximum Gasteiger partial charge on any atom is 0.323 e. The first kappa shape index (κ1) is 19.8. The lowest BCUT2D eigenvalue weighted by atomic mass is 9.78. The third kappa shape index (κ3) is 3.60. The minimum atomic E-state index is -0.490. The maximum absolute atomic E-state index is 14.2. The van der Waals surface area contributed by atoms with Crippen LogP contribution in [0.2, 0.25) is 0 Å². The first-order valence-electron chi connectivity index (χ1n) is 9.43. The van der Waals surface area contributed by atoms with Crippen LogP contribution in [0.25, 0.3) is 0 Å². The predicted molar refractivity (Wildman–Crippen MR) is 115 cm³/mol. The number of halogens is 1. The number of rotatable bonds is 3. The van der Waals surface area contributed by atoms with Crippen LogP contribution in [0.5, 0.6) is 0 Å². The molecular weight excluding hydrogens is 407 g/mol. The Morgan fingerprint density at radius 3 is 1.97 bits per heavy atom. The summed E-state index contributed by atoms with van der Waals surface area (Å²) in [4.78, 5) is 30.2. The van der Waals surface area contributed by atoms with Gasteiger partial charge < -0.3 is 10.2 Å². The summed E-state index contributed by atoms with van der Waals surface area (Å²) in [5.74, 6) is -1.07. The monoisotopic (exact) mass is 428 g/mol. The molecule has 1 aliphatic heterocycles. The van der Waals surface area contributed by atoms with E-state index in [0.717, 1.165) is 9.75 Å². The number of nitrogens with zero attached hydrogens (tertiary/aromatic N) is 1. The van der Waals surface area contributed by atoms with Gasteiger partial charge in [-0.1, -0.05) is 38.1 Å². The number of nitrogens with one attached hydrogen (secondary N) is 1. The second-order valence-corrected chi connectivity index (χ2v) is 9.18. The number of ketones is 1. The van der Waals surface area contributed by atoms with Gasteiger partial charge >= 0.3 is 6.03 Å². The van der Waals surface area contributed by atoms with E-state index in [-0.39, 0.29) is 23.3 Å². The predicted octanol–water partition coefficient (Wildman–Crippen LogP) is 6.12. The molecule has 1 fully saturated rings. The zero-order valence-corrected chi connectivity index (χ0v) is 17.7. The molecule has 4 atom stereocenters. The number of Topliss-reactive ketones (excluding diaryl/α,β-unsaturated/α-hetero) is 1. The number of hydrogen-bond acceptors (Lipinski definition) is 4. The zero-order chi connectivity index (χ0) is 20.5. The molecule has 2 aromatic heterocycles. The topological polar surface area (TPSA) is 49.4 Å². The number of anilines is 1. The first-order valence-corrected chi connectivity index (χ1v) is 11.2. The van der Waals surface area contributed by atoms with E-state index in [1.165, 1.54) is 34.8 Å². The Hall–Kier alpha value is -2.51. The molecule has 7 heteroatoms. The molecule has 3 heterocycles. The summed E-state index contributed by atoms with van der Waals surface area (Å²) in [6, 6.07) is 12.6. The number of piperidine rings is 1. The highest BCUT2D eigenvalue weighted by Gasteiger charge is 2.49. The van der Waals surface area contributed by atoms with Crippen molar-refractivity contribution < 1.29 is 14.0 Å². The fraction of sp³-hybridized carbons (Fsp3) is 0.273. The van der Waals surface area contributed by atoms with Crippen LogP contribution in [-0.4, -0.2) is 16.7 Å². The fourth-order valence-corrected chi connectivity index (χ4v) is 5.92. The summed E-state index contributed by atoms with van der Waals surface area (Å²) >= 11 is 3.04. The number of hydrogen-bond donors (Lipinski definition) is 1. The second kappa shape index (κ2) is 8.08. The summed E-state index contributed by atoms with van der Waals surface area (Å²) in [5.41, 5.74) is 0.129. The minimum absolute atomic E-state index is 0.129. The van der Waals surface area contributed by atoms with E-state index in [9.17, 15) is 14.0 Å². The van der Waals surface area contributed by atoms with Gasteiger partial charge in [-0.15, -0.1) is 22.7 Å². The lowest BCUT2D eigenvalue weighted by molar-refractivity contribution is -0.135. The van der Waals surface area contributed by atoms with E-state index in [2.05, 4.69) is 5.32 Å². The number of carbonyl (C=O) groups excluding carboxylic acids is 2. The lowest BCUT2D eigenvalue weighted by Crippen LogP contribution is -2.52. The molecule has 0 radical (unpaired) electrons. The minimum Gasteiger partial charge on any atom is -0.307 e. The number of para-hydroxylation sites is 1. The third-order valence-corrected chi connectivity index (χ3v) is 7.35. The van der Waals surface area contributed by atoms with E-state index in [0.29, 0.717) is 0 Å². The van der Waals surface area contributed by atoms with Gasteiger partial charge in [0, 0.05) is 21.6 Å². The van der Waals surface area contributed by atoms with Crippen LogP contribution in [0.1, 0.15) is 35.7 Å². The number of amides is 2. The first-order chi connectivity index (χ1) is 14.0. The molecule has 0 bridgehead atoms. The Labute approximate surface area is 177 Å². The summed E-state index contributed by atoms with van der Waals surface area (Å²) in [5, 5.41) is 6.61. The fourth-order valence-electron chi connectivity index (χ4n) is 4.06. The quantitative estimate of drug-likeness (QED) is 0.546. The molecule has 1 N–H and O–H groups in total. The molecule has 0 unspecified atom stereocenters. The van der Waals surface area contributed by atoms with E-state index >= 15 is 0 Å². The van der Waals surface area contributed by atoms with Crippen molar-refractivity contribution in [3.05, 3.63) is 74.9 Å². The molecule has 3 aromatic rings. The van der Waals surface area contributed by atoms with Crippen molar-refractivity contribution in [2.45, 2.75) is 25.9 Å². The summed E-state index contributed by atoms with van der Waals surface area (Å²) in [7, 11) is 0. The van der Waals surface area contributed by atoms with Crippen molar-refractivity contribution >= 4 is 40.2 Å². The van der Waals surface area contributed by atoms with E-state index in [4.69, 9.17) is 0 Å². The normalized spacial score (nSPS) is 24.5. The largest absolute Gasteiger partial charge is 0.323 e. The van der Waals surface area contributed by atoms with Crippen LogP contribution in [-0.2, 0) is 4.79 Å². The maximum atomic E-state index is 14.2. The molecule has 1 aliphatic rings. The van der Waals surface area contributed by atoms with E-state index < -0.39 is 23.9 Å². The Kier molecular flexibility index (Phi) is 5.52. The van der Waals surface area contributed by atoms with Gasteiger partial charge in [-0.05, 0) is 35.0 Å². The van der Waals surface area contributed by atoms with Gasteiger partial charge in [-0.3, -0.25) is 4.79 Å². The second-order valence-electron chi connectivity index (χ2n) is 7.22.